The van der Waals surface area contributed by atoms with E-state index in [-0.39, 0.29) is 12.3 Å². The normalized spacial score (nSPS) is 17.1. The second-order valence-corrected chi connectivity index (χ2v) is 7.34. The number of esters is 1. The van der Waals surface area contributed by atoms with Gasteiger partial charge in [0.05, 0.1) is 10.9 Å². The van der Waals surface area contributed by atoms with Gasteiger partial charge in [0.2, 0.25) is 5.91 Å². The van der Waals surface area contributed by atoms with Crippen molar-refractivity contribution in [3.63, 3.8) is 0 Å². The Morgan fingerprint density at radius 2 is 2.03 bits per heavy atom. The summed E-state index contributed by atoms with van der Waals surface area (Å²) in [7, 11) is 0. The summed E-state index contributed by atoms with van der Waals surface area (Å²) < 4.78 is 5.27. The minimum Gasteiger partial charge on any atom is -0.452 e. The number of benzene rings is 1. The zero-order chi connectivity index (χ0) is 20.8. The average Bonchev–Trinajstić information content (AvgIpc) is 3.09. The molecular weight excluding hydrogens is 394 g/mol. The topological polar surface area (TPSA) is 88.6 Å². The van der Waals surface area contributed by atoms with Gasteiger partial charge in [0, 0.05) is 25.7 Å². The summed E-state index contributed by atoms with van der Waals surface area (Å²) in [4.78, 5) is 42.5. The van der Waals surface area contributed by atoms with Crippen molar-refractivity contribution < 1.29 is 19.1 Å². The number of hydrogen-bond donors (Lipinski definition) is 1. The molecule has 1 N–H and O–H groups in total. The number of rotatable bonds is 7. The summed E-state index contributed by atoms with van der Waals surface area (Å²) in [5, 5.41) is 3.01. The van der Waals surface area contributed by atoms with Gasteiger partial charge in [-0.25, -0.2) is 4.98 Å². The van der Waals surface area contributed by atoms with Crippen LogP contribution in [0.1, 0.15) is 18.9 Å². The van der Waals surface area contributed by atoms with Gasteiger partial charge in [-0.1, -0.05) is 41.9 Å². The first-order chi connectivity index (χ1) is 13.9. The van der Waals surface area contributed by atoms with E-state index in [1.807, 2.05) is 30.3 Å². The molecule has 2 heterocycles. The fourth-order valence-corrected chi connectivity index (χ4v) is 3.17. The van der Waals surface area contributed by atoms with Gasteiger partial charge < -0.3 is 15.0 Å². The number of halogens is 1. The van der Waals surface area contributed by atoms with Gasteiger partial charge in [0.15, 0.2) is 6.10 Å². The lowest BCUT2D eigenvalue weighted by atomic mass is 10.1. The van der Waals surface area contributed by atoms with Crippen molar-refractivity contribution in [2.45, 2.75) is 25.9 Å². The van der Waals surface area contributed by atoms with Gasteiger partial charge in [-0.3, -0.25) is 14.4 Å². The lowest BCUT2D eigenvalue weighted by molar-refractivity contribution is -0.157. The molecule has 1 fully saturated rings. The van der Waals surface area contributed by atoms with Crippen LogP contribution in [0.5, 0.6) is 0 Å². The Kier molecular flexibility index (Phi) is 6.82. The number of likely N-dealkylation sites (tertiary alicyclic amines) is 1. The van der Waals surface area contributed by atoms with Crippen molar-refractivity contribution in [1.29, 1.82) is 0 Å². The van der Waals surface area contributed by atoms with E-state index >= 15 is 0 Å². The van der Waals surface area contributed by atoms with Gasteiger partial charge in [0.1, 0.15) is 5.82 Å². The molecule has 0 saturated carbocycles. The highest BCUT2D eigenvalue weighted by Gasteiger charge is 2.36. The molecule has 152 valence electrons. The number of amides is 2. The number of aromatic nitrogens is 1. The minimum atomic E-state index is -1.01. The maximum absolute atomic E-state index is 12.4. The van der Waals surface area contributed by atoms with E-state index in [2.05, 4.69) is 10.3 Å². The van der Waals surface area contributed by atoms with E-state index < -0.39 is 23.9 Å². The molecule has 2 aromatic rings. The van der Waals surface area contributed by atoms with Crippen LogP contribution in [0.15, 0.2) is 48.7 Å². The molecule has 2 amide bonds. The third-order valence-corrected chi connectivity index (χ3v) is 4.93. The van der Waals surface area contributed by atoms with E-state index in [9.17, 15) is 14.4 Å². The van der Waals surface area contributed by atoms with Crippen molar-refractivity contribution >= 4 is 35.2 Å². The van der Waals surface area contributed by atoms with Crippen LogP contribution < -0.4 is 5.32 Å². The lowest BCUT2D eigenvalue weighted by Gasteiger charge is -2.18. The molecule has 0 radical (unpaired) electrons. The Bertz CT molecular complexity index is 873. The molecule has 29 heavy (non-hydrogen) atoms. The zero-order valence-corrected chi connectivity index (χ0v) is 16.8. The first-order valence-corrected chi connectivity index (χ1v) is 9.75. The Labute approximate surface area is 174 Å². The van der Waals surface area contributed by atoms with E-state index in [0.717, 1.165) is 12.0 Å². The Morgan fingerprint density at radius 1 is 1.28 bits per heavy atom. The Hall–Kier alpha value is -2.93. The monoisotopic (exact) mass is 415 g/mol. The first kappa shape index (κ1) is 20.8. The summed E-state index contributed by atoms with van der Waals surface area (Å²) >= 11 is 5.76. The summed E-state index contributed by atoms with van der Waals surface area (Å²) in [6.07, 6.45) is 1.22. The van der Waals surface area contributed by atoms with Crippen molar-refractivity contribution in [1.82, 2.24) is 9.88 Å². The van der Waals surface area contributed by atoms with Crippen LogP contribution in [-0.4, -0.2) is 46.9 Å². The maximum atomic E-state index is 12.4. The molecule has 0 bridgehead atoms. The quantitative estimate of drug-likeness (QED) is 0.702. The number of hydrogen-bond acceptors (Lipinski definition) is 5. The third-order valence-electron chi connectivity index (χ3n) is 4.70. The second kappa shape index (κ2) is 9.52. The summed E-state index contributed by atoms with van der Waals surface area (Å²) in [6.45, 7) is 2.33. The number of pyridine rings is 1. The number of ether oxygens (including phenoxy) is 1. The highest BCUT2D eigenvalue weighted by atomic mass is 35.5. The third kappa shape index (κ3) is 5.77. The van der Waals surface area contributed by atoms with Gasteiger partial charge in [-0.2, -0.15) is 0 Å². The zero-order valence-electron chi connectivity index (χ0n) is 16.0. The molecule has 1 aromatic heterocycles. The standard InChI is InChI=1S/C21H22ClN3O4/c1-14(20(27)24-18-8-7-17(22)12-23-18)29-21(28)16-11-19(26)25(13-16)10-9-15-5-3-2-4-6-15/h2-8,12,14,16H,9-11,13H2,1H3,(H,23,24,27)/t14-,16-/m1/s1. The van der Waals surface area contributed by atoms with Gasteiger partial charge in [0.25, 0.3) is 5.91 Å². The van der Waals surface area contributed by atoms with Gasteiger partial charge in [-0.05, 0) is 31.0 Å². The van der Waals surface area contributed by atoms with Crippen molar-refractivity contribution in [3.8, 4) is 0 Å². The predicted octanol–water partition coefficient (Wildman–Crippen LogP) is 2.70. The molecule has 1 saturated heterocycles. The molecule has 3 rings (SSSR count). The Balaban J connectivity index is 1.47. The molecule has 0 aliphatic carbocycles. The van der Waals surface area contributed by atoms with Crippen LogP contribution in [0, 0.1) is 5.92 Å². The van der Waals surface area contributed by atoms with E-state index in [1.165, 1.54) is 13.1 Å². The molecule has 2 atom stereocenters. The van der Waals surface area contributed by atoms with Gasteiger partial charge >= 0.3 is 5.97 Å². The average molecular weight is 416 g/mol. The molecule has 8 heteroatoms. The summed E-state index contributed by atoms with van der Waals surface area (Å²) in [5.41, 5.74) is 1.13. The highest BCUT2D eigenvalue weighted by Crippen LogP contribution is 2.20. The number of carbonyl (C=O) groups is 3. The summed E-state index contributed by atoms with van der Waals surface area (Å²) in [6, 6.07) is 13.0. The van der Waals surface area contributed by atoms with Gasteiger partial charge in [-0.15, -0.1) is 0 Å². The molecule has 1 aliphatic rings. The van der Waals surface area contributed by atoms with Crippen LogP contribution >= 0.6 is 11.6 Å². The lowest BCUT2D eigenvalue weighted by Crippen LogP contribution is -2.33. The molecule has 1 aromatic carbocycles. The smallest absolute Gasteiger partial charge is 0.312 e. The first-order valence-electron chi connectivity index (χ1n) is 9.37. The van der Waals surface area contributed by atoms with E-state index in [1.54, 1.807) is 17.0 Å². The number of nitrogens with one attached hydrogen (secondary N) is 1. The van der Waals surface area contributed by atoms with E-state index in [4.69, 9.17) is 16.3 Å². The number of nitrogens with zero attached hydrogens (tertiary/aromatic N) is 2. The molecule has 1 aliphatic heterocycles. The van der Waals surface area contributed by atoms with Crippen LogP contribution in [0.4, 0.5) is 5.82 Å². The number of carbonyl (C=O) groups excluding carboxylic acids is 3. The molecule has 0 unspecified atom stereocenters. The van der Waals surface area contributed by atoms with Crippen molar-refractivity contribution in [2.75, 3.05) is 18.4 Å². The molecule has 0 spiro atoms. The maximum Gasteiger partial charge on any atom is 0.312 e. The Morgan fingerprint density at radius 3 is 2.72 bits per heavy atom. The van der Waals surface area contributed by atoms with Crippen LogP contribution in [0.25, 0.3) is 0 Å². The predicted molar refractivity (Wildman–Crippen MR) is 108 cm³/mol. The summed E-state index contributed by atoms with van der Waals surface area (Å²) in [5.74, 6) is -1.39. The largest absolute Gasteiger partial charge is 0.452 e. The van der Waals surface area contributed by atoms with Crippen LogP contribution in [0.3, 0.4) is 0 Å². The highest BCUT2D eigenvalue weighted by molar-refractivity contribution is 6.30. The second-order valence-electron chi connectivity index (χ2n) is 6.91. The molecular formula is C21H22ClN3O4. The van der Waals surface area contributed by atoms with Crippen LogP contribution in [0.2, 0.25) is 5.02 Å². The fourth-order valence-electron chi connectivity index (χ4n) is 3.06. The number of anilines is 1. The van der Waals surface area contributed by atoms with Crippen LogP contribution in [-0.2, 0) is 25.5 Å². The minimum absolute atomic E-state index is 0.0784. The molecule has 7 nitrogen and oxygen atoms in total. The van der Waals surface area contributed by atoms with Crippen molar-refractivity contribution in [2.24, 2.45) is 5.92 Å². The van der Waals surface area contributed by atoms with E-state index in [0.29, 0.717) is 23.9 Å². The fraction of sp³-hybridized carbons (Fsp3) is 0.333. The SMILES string of the molecule is C[C@@H](OC(=O)[C@@H]1CC(=O)N(CCc2ccccc2)C1)C(=O)Nc1ccc(Cl)cn1. The van der Waals surface area contributed by atoms with Crippen molar-refractivity contribution in [3.05, 3.63) is 59.2 Å².